The minimum absolute atomic E-state index is 0.231. The number of H-pyrrole nitrogens is 1. The van der Waals surface area contributed by atoms with Crippen molar-refractivity contribution in [2.45, 2.75) is 13.3 Å². The van der Waals surface area contributed by atoms with Gasteiger partial charge in [-0.3, -0.25) is 0 Å². The molecule has 0 aliphatic rings. The van der Waals surface area contributed by atoms with Gasteiger partial charge in [-0.15, -0.1) is 0 Å². The molecule has 0 bridgehead atoms. The SMILES string of the molecule is Cc1cc(Br)cc2[nH]c(Cc3cccc(F)c3F)nc12. The van der Waals surface area contributed by atoms with Gasteiger partial charge >= 0.3 is 0 Å². The largest absolute Gasteiger partial charge is 0.342 e. The molecule has 3 rings (SSSR count). The highest BCUT2D eigenvalue weighted by molar-refractivity contribution is 9.10. The minimum atomic E-state index is -0.836. The molecule has 1 aromatic heterocycles. The lowest BCUT2D eigenvalue weighted by molar-refractivity contribution is 0.500. The smallest absolute Gasteiger partial charge is 0.162 e. The van der Waals surface area contributed by atoms with E-state index in [1.165, 1.54) is 6.07 Å². The van der Waals surface area contributed by atoms with Crippen molar-refractivity contribution in [1.29, 1.82) is 0 Å². The van der Waals surface area contributed by atoms with Crippen LogP contribution in [0.25, 0.3) is 11.0 Å². The summed E-state index contributed by atoms with van der Waals surface area (Å²) in [5.74, 6) is -1.03. The molecule has 0 aliphatic carbocycles. The molecule has 0 spiro atoms. The number of nitrogens with zero attached hydrogens (tertiary/aromatic N) is 1. The fourth-order valence-corrected chi connectivity index (χ4v) is 2.82. The predicted octanol–water partition coefficient (Wildman–Crippen LogP) is 4.50. The van der Waals surface area contributed by atoms with Gasteiger partial charge in [0.2, 0.25) is 0 Å². The van der Waals surface area contributed by atoms with E-state index in [0.29, 0.717) is 11.4 Å². The van der Waals surface area contributed by atoms with Crippen LogP contribution in [-0.2, 0) is 6.42 Å². The maximum absolute atomic E-state index is 13.7. The van der Waals surface area contributed by atoms with Gasteiger partial charge in [-0.25, -0.2) is 13.8 Å². The summed E-state index contributed by atoms with van der Waals surface area (Å²) in [7, 11) is 0. The third kappa shape index (κ3) is 2.33. The molecule has 0 amide bonds. The van der Waals surface area contributed by atoms with Gasteiger partial charge in [-0.1, -0.05) is 28.1 Å². The van der Waals surface area contributed by atoms with Gasteiger partial charge in [-0.05, 0) is 36.2 Å². The van der Waals surface area contributed by atoms with Crippen LogP contribution in [-0.4, -0.2) is 9.97 Å². The summed E-state index contributed by atoms with van der Waals surface area (Å²) < 4.78 is 27.8. The lowest BCUT2D eigenvalue weighted by atomic mass is 10.1. The third-order valence-corrected chi connectivity index (χ3v) is 3.64. The van der Waals surface area contributed by atoms with E-state index in [2.05, 4.69) is 25.9 Å². The number of nitrogens with one attached hydrogen (secondary N) is 1. The summed E-state index contributed by atoms with van der Waals surface area (Å²) in [6.07, 6.45) is 0.231. The molecular formula is C15H11BrF2N2. The highest BCUT2D eigenvalue weighted by Gasteiger charge is 2.11. The summed E-state index contributed by atoms with van der Waals surface area (Å²) in [4.78, 5) is 7.60. The van der Waals surface area contributed by atoms with Crippen molar-refractivity contribution < 1.29 is 8.78 Å². The van der Waals surface area contributed by atoms with E-state index in [1.54, 1.807) is 6.07 Å². The second-order valence-electron chi connectivity index (χ2n) is 4.69. The van der Waals surface area contributed by atoms with Gasteiger partial charge in [0.15, 0.2) is 11.6 Å². The number of rotatable bonds is 2. The molecule has 0 radical (unpaired) electrons. The van der Waals surface area contributed by atoms with Gasteiger partial charge in [0.1, 0.15) is 5.82 Å². The van der Waals surface area contributed by atoms with Crippen molar-refractivity contribution in [3.63, 3.8) is 0 Å². The zero-order valence-electron chi connectivity index (χ0n) is 10.7. The minimum Gasteiger partial charge on any atom is -0.342 e. The quantitative estimate of drug-likeness (QED) is 0.733. The second-order valence-corrected chi connectivity index (χ2v) is 5.61. The van der Waals surface area contributed by atoms with E-state index in [1.807, 2.05) is 19.1 Å². The Labute approximate surface area is 123 Å². The van der Waals surface area contributed by atoms with Crippen LogP contribution in [0.1, 0.15) is 17.0 Å². The number of hydrogen-bond acceptors (Lipinski definition) is 1. The lowest BCUT2D eigenvalue weighted by Crippen LogP contribution is -1.97. The predicted molar refractivity (Wildman–Crippen MR) is 77.7 cm³/mol. The first-order valence-corrected chi connectivity index (χ1v) is 6.91. The van der Waals surface area contributed by atoms with E-state index in [0.717, 1.165) is 27.1 Å². The molecule has 1 heterocycles. The van der Waals surface area contributed by atoms with Gasteiger partial charge in [0.05, 0.1) is 11.0 Å². The molecule has 5 heteroatoms. The van der Waals surface area contributed by atoms with Crippen LogP contribution < -0.4 is 0 Å². The molecule has 1 N–H and O–H groups in total. The number of imidazole rings is 1. The molecule has 3 aromatic rings. The van der Waals surface area contributed by atoms with Crippen LogP contribution in [0.4, 0.5) is 8.78 Å². The average Bonchev–Trinajstić information content (AvgIpc) is 2.78. The fourth-order valence-electron chi connectivity index (χ4n) is 2.25. The first kappa shape index (κ1) is 13.2. The maximum Gasteiger partial charge on any atom is 0.162 e. The zero-order valence-corrected chi connectivity index (χ0v) is 12.3. The summed E-state index contributed by atoms with van der Waals surface area (Å²) >= 11 is 3.42. The standard InChI is InChI=1S/C15H11BrF2N2/c1-8-5-10(16)7-12-15(8)20-13(19-12)6-9-3-2-4-11(17)14(9)18/h2-5,7H,6H2,1H3,(H,19,20). The summed E-state index contributed by atoms with van der Waals surface area (Å²) in [5.41, 5.74) is 3.04. The van der Waals surface area contributed by atoms with E-state index in [9.17, 15) is 8.78 Å². The molecule has 102 valence electrons. The summed E-state index contributed by atoms with van der Waals surface area (Å²) in [6.45, 7) is 1.96. The molecule has 0 fully saturated rings. The second kappa shape index (κ2) is 4.98. The summed E-state index contributed by atoms with van der Waals surface area (Å²) in [6, 6.07) is 8.06. The highest BCUT2D eigenvalue weighted by Crippen LogP contribution is 2.23. The average molecular weight is 337 g/mol. The van der Waals surface area contributed by atoms with Gasteiger partial charge in [0, 0.05) is 10.9 Å². The van der Waals surface area contributed by atoms with Crippen LogP contribution in [0.5, 0.6) is 0 Å². The highest BCUT2D eigenvalue weighted by atomic mass is 79.9. The normalized spacial score (nSPS) is 11.2. The van der Waals surface area contributed by atoms with Crippen LogP contribution >= 0.6 is 15.9 Å². The molecule has 0 unspecified atom stereocenters. The van der Waals surface area contributed by atoms with Crippen LogP contribution in [0.3, 0.4) is 0 Å². The third-order valence-electron chi connectivity index (χ3n) is 3.18. The first-order chi connectivity index (χ1) is 9.54. The molecule has 0 aliphatic heterocycles. The Kier molecular flexibility index (Phi) is 3.30. The van der Waals surface area contributed by atoms with Crippen molar-refractivity contribution >= 4 is 27.0 Å². The van der Waals surface area contributed by atoms with Crippen molar-refractivity contribution in [3.05, 3.63) is 63.4 Å². The Hall–Kier alpha value is -1.75. The fraction of sp³-hybridized carbons (Fsp3) is 0.133. The lowest BCUT2D eigenvalue weighted by Gasteiger charge is -2.01. The molecular weight excluding hydrogens is 326 g/mol. The van der Waals surface area contributed by atoms with Crippen molar-refractivity contribution in [1.82, 2.24) is 9.97 Å². The number of benzene rings is 2. The van der Waals surface area contributed by atoms with Gasteiger partial charge < -0.3 is 4.98 Å². The van der Waals surface area contributed by atoms with Gasteiger partial charge in [0.25, 0.3) is 0 Å². The van der Waals surface area contributed by atoms with E-state index < -0.39 is 11.6 Å². The number of aromatic amines is 1. The Bertz CT molecular complexity index is 796. The van der Waals surface area contributed by atoms with Crippen molar-refractivity contribution in [2.75, 3.05) is 0 Å². The number of halogens is 3. The molecule has 0 atom stereocenters. The topological polar surface area (TPSA) is 28.7 Å². The zero-order chi connectivity index (χ0) is 14.3. The Balaban J connectivity index is 2.03. The van der Waals surface area contributed by atoms with E-state index in [4.69, 9.17) is 0 Å². The van der Waals surface area contributed by atoms with Gasteiger partial charge in [-0.2, -0.15) is 0 Å². The number of aryl methyl sites for hydroxylation is 1. The molecule has 0 saturated carbocycles. The number of aromatic nitrogens is 2. The summed E-state index contributed by atoms with van der Waals surface area (Å²) in [5, 5.41) is 0. The Morgan fingerprint density at radius 3 is 2.85 bits per heavy atom. The molecule has 2 aromatic carbocycles. The van der Waals surface area contributed by atoms with E-state index >= 15 is 0 Å². The van der Waals surface area contributed by atoms with Crippen molar-refractivity contribution in [2.24, 2.45) is 0 Å². The monoisotopic (exact) mass is 336 g/mol. The molecule has 0 saturated heterocycles. The van der Waals surface area contributed by atoms with Crippen LogP contribution in [0.2, 0.25) is 0 Å². The van der Waals surface area contributed by atoms with Crippen LogP contribution in [0, 0.1) is 18.6 Å². The Morgan fingerprint density at radius 1 is 1.25 bits per heavy atom. The first-order valence-electron chi connectivity index (χ1n) is 6.12. The van der Waals surface area contributed by atoms with Crippen molar-refractivity contribution in [3.8, 4) is 0 Å². The van der Waals surface area contributed by atoms with E-state index in [-0.39, 0.29) is 6.42 Å². The Morgan fingerprint density at radius 2 is 2.05 bits per heavy atom. The number of hydrogen-bond donors (Lipinski definition) is 1. The number of fused-ring (bicyclic) bond motifs is 1. The van der Waals surface area contributed by atoms with Crippen LogP contribution in [0.15, 0.2) is 34.8 Å². The molecule has 20 heavy (non-hydrogen) atoms. The maximum atomic E-state index is 13.7. The molecule has 2 nitrogen and oxygen atoms in total.